The normalized spacial score (nSPS) is 34.3. The van der Waals surface area contributed by atoms with E-state index in [2.05, 4.69) is 19.1 Å². The maximum Gasteiger partial charge on any atom is 0.121 e. The molecule has 1 saturated heterocycles. The molecule has 0 aromatic heterocycles. The molecular formula is C10H13Cl2OPS. The second kappa shape index (κ2) is 4.58. The van der Waals surface area contributed by atoms with Gasteiger partial charge in [0.1, 0.15) is 4.93 Å². The predicted octanol–water partition coefficient (Wildman–Crippen LogP) is 4.72. The van der Waals surface area contributed by atoms with Crippen LogP contribution in [0.3, 0.4) is 0 Å². The summed E-state index contributed by atoms with van der Waals surface area (Å²) in [6.07, 6.45) is 6.22. The fourth-order valence-electron chi connectivity index (χ4n) is 2.13. The number of thioether (sulfide) groups is 1. The largest absolute Gasteiger partial charge is 0.367 e. The molecule has 84 valence electrons. The van der Waals surface area contributed by atoms with Gasteiger partial charge in [0.05, 0.1) is 6.63 Å². The summed E-state index contributed by atoms with van der Waals surface area (Å²) in [6, 6.07) is 0. The monoisotopic (exact) mass is 282 g/mol. The third-order valence-electron chi connectivity index (χ3n) is 3.01. The second-order valence-corrected chi connectivity index (χ2v) is 9.34. The van der Waals surface area contributed by atoms with Crippen LogP contribution in [0, 0.1) is 5.92 Å². The topological polar surface area (TPSA) is 9.23 Å². The van der Waals surface area contributed by atoms with Crippen LogP contribution in [0.4, 0.5) is 0 Å². The summed E-state index contributed by atoms with van der Waals surface area (Å²) in [4.78, 5) is 1.27. The van der Waals surface area contributed by atoms with Crippen molar-refractivity contribution in [2.45, 2.75) is 18.3 Å². The van der Waals surface area contributed by atoms with Crippen LogP contribution in [-0.2, 0) is 4.74 Å². The molecule has 15 heavy (non-hydrogen) atoms. The lowest BCUT2D eigenvalue weighted by molar-refractivity contribution is 0.0552. The number of allylic oxidation sites excluding steroid dienone is 3. The van der Waals surface area contributed by atoms with E-state index < -0.39 is 6.63 Å². The minimum absolute atomic E-state index is 0.132. The highest BCUT2D eigenvalue weighted by molar-refractivity contribution is 8.04. The van der Waals surface area contributed by atoms with Gasteiger partial charge in [0.2, 0.25) is 0 Å². The van der Waals surface area contributed by atoms with E-state index in [1.165, 1.54) is 10.5 Å². The van der Waals surface area contributed by atoms with Crippen LogP contribution in [0.25, 0.3) is 0 Å². The molecule has 1 nitrogen and oxygen atoms in total. The number of methoxy groups -OCH3 is 1. The van der Waals surface area contributed by atoms with Crippen LogP contribution >= 0.6 is 40.9 Å². The highest BCUT2D eigenvalue weighted by atomic mass is 35.9. The van der Waals surface area contributed by atoms with E-state index in [0.717, 1.165) is 12.6 Å². The average Bonchev–Trinajstić information content (AvgIpc) is 2.45. The Morgan fingerprint density at radius 2 is 2.33 bits per heavy atom. The zero-order valence-electron chi connectivity index (χ0n) is 8.67. The molecule has 0 saturated carbocycles. The SMILES string of the molecule is COC1(C)SC2=CC=C(CP(Cl)Cl)[C@H]1C2. The summed E-state index contributed by atoms with van der Waals surface area (Å²) >= 11 is 13.6. The van der Waals surface area contributed by atoms with E-state index in [4.69, 9.17) is 27.2 Å². The summed E-state index contributed by atoms with van der Waals surface area (Å²) < 4.78 is 5.63. The molecule has 0 radical (unpaired) electrons. The molecule has 0 aromatic rings. The van der Waals surface area contributed by atoms with Crippen molar-refractivity contribution in [3.8, 4) is 0 Å². The van der Waals surface area contributed by atoms with E-state index in [1.54, 1.807) is 7.11 Å². The zero-order chi connectivity index (χ0) is 11.1. The van der Waals surface area contributed by atoms with Gasteiger partial charge in [0.25, 0.3) is 0 Å². The highest BCUT2D eigenvalue weighted by Crippen LogP contribution is 2.58. The molecule has 1 fully saturated rings. The molecule has 2 bridgehead atoms. The molecule has 0 spiro atoms. The number of hydrogen-bond donors (Lipinski definition) is 0. The van der Waals surface area contributed by atoms with Crippen molar-refractivity contribution in [2.24, 2.45) is 5.92 Å². The lowest BCUT2D eigenvalue weighted by atomic mass is 9.88. The van der Waals surface area contributed by atoms with Crippen LogP contribution in [0.2, 0.25) is 0 Å². The summed E-state index contributed by atoms with van der Waals surface area (Å²) in [5.41, 5.74) is 1.34. The van der Waals surface area contributed by atoms with Crippen molar-refractivity contribution in [3.63, 3.8) is 0 Å². The first-order valence-electron chi connectivity index (χ1n) is 4.78. The lowest BCUT2D eigenvalue weighted by Crippen LogP contribution is -2.30. The second-order valence-electron chi connectivity index (χ2n) is 3.91. The predicted molar refractivity (Wildman–Crippen MR) is 70.8 cm³/mol. The molecule has 1 heterocycles. The molecular weight excluding hydrogens is 270 g/mol. The van der Waals surface area contributed by atoms with Crippen LogP contribution in [0.1, 0.15) is 13.3 Å². The molecule has 2 aliphatic rings. The Morgan fingerprint density at radius 1 is 1.60 bits per heavy atom. The summed E-state index contributed by atoms with van der Waals surface area (Å²) in [7, 11) is 1.77. The molecule has 0 N–H and O–H groups in total. The van der Waals surface area contributed by atoms with Gasteiger partial charge in [-0.05, 0) is 18.2 Å². The van der Waals surface area contributed by atoms with Crippen molar-refractivity contribution in [3.05, 3.63) is 22.6 Å². The quantitative estimate of drug-likeness (QED) is 0.693. The van der Waals surface area contributed by atoms with Crippen LogP contribution in [0.5, 0.6) is 0 Å². The fraction of sp³-hybridized carbons (Fsp3) is 0.600. The van der Waals surface area contributed by atoms with E-state index in [-0.39, 0.29) is 4.93 Å². The van der Waals surface area contributed by atoms with Gasteiger partial charge >= 0.3 is 0 Å². The van der Waals surface area contributed by atoms with Gasteiger partial charge < -0.3 is 4.74 Å². The Labute approximate surface area is 106 Å². The van der Waals surface area contributed by atoms with Crippen molar-refractivity contribution in [1.82, 2.24) is 0 Å². The maximum absolute atomic E-state index is 5.90. The Hall–Kier alpha value is 0.800. The van der Waals surface area contributed by atoms with E-state index in [9.17, 15) is 0 Å². The standard InChI is InChI=1S/C10H13Cl2OPS/c1-10(13-2)9-5-8(15-10)4-3-7(9)6-14(11)12/h3-4,9H,5-6H2,1-2H3/t9-,10?/m1/s1. The molecule has 1 aliphatic carbocycles. The van der Waals surface area contributed by atoms with Crippen molar-refractivity contribution >= 4 is 40.9 Å². The first-order valence-corrected chi connectivity index (χ1v) is 8.93. The van der Waals surface area contributed by atoms with Crippen molar-refractivity contribution in [2.75, 3.05) is 13.3 Å². The van der Waals surface area contributed by atoms with Gasteiger partial charge in [-0.15, -0.1) is 0 Å². The smallest absolute Gasteiger partial charge is 0.121 e. The van der Waals surface area contributed by atoms with Crippen LogP contribution < -0.4 is 0 Å². The first-order chi connectivity index (χ1) is 7.05. The minimum atomic E-state index is -0.902. The molecule has 2 atom stereocenters. The van der Waals surface area contributed by atoms with Gasteiger partial charge in [-0.3, -0.25) is 0 Å². The van der Waals surface area contributed by atoms with E-state index >= 15 is 0 Å². The summed E-state index contributed by atoms with van der Waals surface area (Å²) in [5.74, 6) is 0.440. The highest BCUT2D eigenvalue weighted by Gasteiger charge is 2.45. The summed E-state index contributed by atoms with van der Waals surface area (Å²) in [5, 5.41) is 0. The number of fused-ring (bicyclic) bond motifs is 2. The Balaban J connectivity index is 2.22. The van der Waals surface area contributed by atoms with Crippen molar-refractivity contribution < 1.29 is 4.74 Å². The number of hydrogen-bond acceptors (Lipinski definition) is 2. The lowest BCUT2D eigenvalue weighted by Gasteiger charge is -2.30. The number of rotatable bonds is 3. The van der Waals surface area contributed by atoms with Gasteiger partial charge in [0.15, 0.2) is 0 Å². The summed E-state index contributed by atoms with van der Waals surface area (Å²) in [6.45, 7) is 1.24. The first kappa shape index (κ1) is 12.3. The van der Waals surface area contributed by atoms with Gasteiger partial charge in [0, 0.05) is 19.2 Å². The Morgan fingerprint density at radius 3 is 2.93 bits per heavy atom. The third-order valence-corrected chi connectivity index (χ3v) is 5.75. The van der Waals surface area contributed by atoms with Gasteiger partial charge in [-0.2, -0.15) is 0 Å². The minimum Gasteiger partial charge on any atom is -0.367 e. The van der Waals surface area contributed by atoms with Gasteiger partial charge in [-0.25, -0.2) is 0 Å². The van der Waals surface area contributed by atoms with E-state index in [1.807, 2.05) is 11.8 Å². The fourth-order valence-corrected chi connectivity index (χ4v) is 4.93. The Bertz CT molecular complexity index is 329. The third kappa shape index (κ3) is 2.40. The van der Waals surface area contributed by atoms with E-state index in [0.29, 0.717) is 5.92 Å². The van der Waals surface area contributed by atoms with Crippen LogP contribution in [-0.4, -0.2) is 18.2 Å². The Kier molecular flexibility index (Phi) is 3.75. The zero-order valence-corrected chi connectivity index (χ0v) is 11.9. The molecule has 1 unspecified atom stereocenters. The van der Waals surface area contributed by atoms with Gasteiger partial charge in [-0.1, -0.05) is 52.0 Å². The number of halogens is 2. The molecule has 0 aromatic carbocycles. The van der Waals surface area contributed by atoms with Crippen LogP contribution in [0.15, 0.2) is 22.6 Å². The molecule has 5 heteroatoms. The average molecular weight is 283 g/mol. The molecule has 2 rings (SSSR count). The number of ether oxygens (including phenoxy) is 1. The maximum atomic E-state index is 5.90. The molecule has 1 aliphatic heterocycles. The van der Waals surface area contributed by atoms with Crippen molar-refractivity contribution in [1.29, 1.82) is 0 Å². The molecule has 0 amide bonds.